The molecule has 0 saturated carbocycles. The topological polar surface area (TPSA) is 35.6 Å². The minimum absolute atomic E-state index is 0.624. The molecule has 4 aromatic heterocycles. The van der Waals surface area contributed by atoms with Crippen LogP contribution in [-0.2, 0) is 0 Å². The van der Waals surface area contributed by atoms with Crippen LogP contribution in [0.2, 0.25) is 0 Å². The largest absolute Gasteiger partial charge is 0.309 e. The van der Waals surface area contributed by atoms with Gasteiger partial charge in [0, 0.05) is 64.9 Å². The van der Waals surface area contributed by atoms with Gasteiger partial charge in [-0.2, -0.15) is 0 Å². The van der Waals surface area contributed by atoms with Gasteiger partial charge < -0.3 is 4.57 Å². The molecule has 5 heteroatoms. The van der Waals surface area contributed by atoms with Crippen LogP contribution in [0.1, 0.15) is 11.1 Å². The van der Waals surface area contributed by atoms with Gasteiger partial charge in [0.05, 0.1) is 27.9 Å². The van der Waals surface area contributed by atoms with E-state index in [1.165, 1.54) is 25.6 Å². The zero-order valence-electron chi connectivity index (χ0n) is 32.1. The normalized spacial score (nSPS) is 11.8. The van der Waals surface area contributed by atoms with Gasteiger partial charge in [0.25, 0.3) is 0 Å². The summed E-state index contributed by atoms with van der Waals surface area (Å²) in [5, 5.41) is 5.82. The average Bonchev–Trinajstić information content (AvgIpc) is 4.00. The first kappa shape index (κ1) is 34.6. The summed E-state index contributed by atoms with van der Waals surface area (Å²) in [7, 11) is 0. The van der Waals surface area contributed by atoms with E-state index in [4.69, 9.17) is 9.97 Å². The van der Waals surface area contributed by atoms with Crippen molar-refractivity contribution >= 4 is 75.9 Å². The van der Waals surface area contributed by atoms with Crippen molar-refractivity contribution in [3.8, 4) is 34.2 Å². The fourth-order valence-corrected chi connectivity index (χ4v) is 9.67. The molecule has 11 rings (SSSR count). The second-order valence-corrected chi connectivity index (χ2v) is 15.8. The summed E-state index contributed by atoms with van der Waals surface area (Å²) < 4.78 is 6.94. The molecule has 278 valence electrons. The summed E-state index contributed by atoms with van der Waals surface area (Å²) in [5.41, 5.74) is 12.2. The van der Waals surface area contributed by atoms with E-state index in [0.717, 1.165) is 77.8 Å². The van der Waals surface area contributed by atoms with Crippen LogP contribution in [0.15, 0.2) is 207 Å². The number of hydrogen-bond donors (Lipinski definition) is 0. The van der Waals surface area contributed by atoms with E-state index in [1.54, 1.807) is 0 Å². The van der Waals surface area contributed by atoms with E-state index in [-0.39, 0.29) is 0 Å². The van der Waals surface area contributed by atoms with Gasteiger partial charge in [-0.15, -0.1) is 11.3 Å². The molecular weight excluding hydrogens is 737 g/mol. The highest BCUT2D eigenvalue weighted by Crippen LogP contribution is 2.42. The summed E-state index contributed by atoms with van der Waals surface area (Å²) in [4.78, 5) is 10.5. The molecular formula is C54H36N4S. The molecule has 0 atom stereocenters. The van der Waals surface area contributed by atoms with Crippen LogP contribution in [0.25, 0.3) is 98.7 Å². The lowest BCUT2D eigenvalue weighted by Crippen LogP contribution is -2.02. The van der Waals surface area contributed by atoms with Gasteiger partial charge in [0.15, 0.2) is 0 Å². The summed E-state index contributed by atoms with van der Waals surface area (Å²) in [6.45, 7) is 9.16. The number of fused-ring (bicyclic) bond motifs is 6. The Morgan fingerprint density at radius 1 is 0.576 bits per heavy atom. The molecule has 0 aliphatic heterocycles. The molecule has 59 heavy (non-hydrogen) atoms. The Morgan fingerprint density at radius 2 is 1.25 bits per heavy atom. The zero-order valence-corrected chi connectivity index (χ0v) is 32.9. The van der Waals surface area contributed by atoms with Crippen LogP contribution < -0.4 is 0 Å². The minimum atomic E-state index is 0.624. The molecule has 4 heterocycles. The predicted molar refractivity (Wildman–Crippen MR) is 251 cm³/mol. The molecule has 0 unspecified atom stereocenters. The van der Waals surface area contributed by atoms with Gasteiger partial charge in [-0.1, -0.05) is 159 Å². The van der Waals surface area contributed by atoms with E-state index < -0.39 is 0 Å². The third-order valence-electron chi connectivity index (χ3n) is 11.3. The minimum Gasteiger partial charge on any atom is -0.309 e. The number of allylic oxidation sites excluding steroid dienone is 3. The smallest absolute Gasteiger partial charge is 0.235 e. The van der Waals surface area contributed by atoms with Crippen molar-refractivity contribution in [1.82, 2.24) is 19.1 Å². The Balaban J connectivity index is 0.987. The maximum absolute atomic E-state index is 5.37. The maximum atomic E-state index is 5.37. The van der Waals surface area contributed by atoms with Crippen molar-refractivity contribution in [1.29, 1.82) is 0 Å². The third kappa shape index (κ3) is 5.82. The summed E-state index contributed by atoms with van der Waals surface area (Å²) in [6, 6.07) is 61.7. The molecule has 0 spiro atoms. The van der Waals surface area contributed by atoms with Crippen LogP contribution in [0.3, 0.4) is 0 Å². The number of aromatic nitrogens is 4. The fraction of sp³-hybridized carbons (Fsp3) is 0. The molecule has 0 amide bonds. The zero-order chi connectivity index (χ0) is 39.5. The number of para-hydroxylation sites is 4. The Hall–Kier alpha value is -7.60. The molecule has 7 aromatic carbocycles. The van der Waals surface area contributed by atoms with E-state index in [0.29, 0.717) is 5.95 Å². The lowest BCUT2D eigenvalue weighted by Gasteiger charge is -2.16. The van der Waals surface area contributed by atoms with Gasteiger partial charge in [0.1, 0.15) is 0 Å². The third-order valence-corrected chi connectivity index (χ3v) is 12.5. The Bertz CT molecular complexity index is 3490. The number of hydrogen-bond acceptors (Lipinski definition) is 3. The van der Waals surface area contributed by atoms with Crippen LogP contribution in [0, 0.1) is 0 Å². The summed E-state index contributed by atoms with van der Waals surface area (Å²) >= 11 is 1.82. The lowest BCUT2D eigenvalue weighted by molar-refractivity contribution is 0.983. The van der Waals surface area contributed by atoms with Crippen molar-refractivity contribution in [2.45, 2.75) is 0 Å². The molecule has 0 radical (unpaired) electrons. The van der Waals surface area contributed by atoms with Crippen molar-refractivity contribution in [2.75, 3.05) is 0 Å². The molecule has 0 bridgehead atoms. The molecule has 0 N–H and O–H groups in total. The van der Waals surface area contributed by atoms with Gasteiger partial charge in [0.2, 0.25) is 5.95 Å². The fourth-order valence-electron chi connectivity index (χ4n) is 8.46. The van der Waals surface area contributed by atoms with Gasteiger partial charge in [-0.3, -0.25) is 4.57 Å². The Morgan fingerprint density at radius 3 is 2.14 bits per heavy atom. The van der Waals surface area contributed by atoms with E-state index in [9.17, 15) is 0 Å². The molecule has 0 aliphatic carbocycles. The van der Waals surface area contributed by atoms with Gasteiger partial charge >= 0.3 is 0 Å². The van der Waals surface area contributed by atoms with E-state index in [1.807, 2.05) is 17.4 Å². The van der Waals surface area contributed by atoms with Crippen LogP contribution in [0.4, 0.5) is 0 Å². The first-order valence-corrected chi connectivity index (χ1v) is 20.5. The highest BCUT2D eigenvalue weighted by atomic mass is 32.1. The summed E-state index contributed by atoms with van der Waals surface area (Å²) in [5.74, 6) is 0.624. The van der Waals surface area contributed by atoms with Crippen molar-refractivity contribution in [2.24, 2.45) is 0 Å². The molecule has 0 fully saturated rings. The van der Waals surface area contributed by atoms with Crippen LogP contribution >= 0.6 is 11.3 Å². The highest BCUT2D eigenvalue weighted by molar-refractivity contribution is 7.26. The van der Waals surface area contributed by atoms with Gasteiger partial charge in [-0.05, 0) is 59.2 Å². The van der Waals surface area contributed by atoms with Crippen molar-refractivity contribution in [3.63, 3.8) is 0 Å². The number of rotatable bonds is 8. The SMILES string of the molecule is C=C(/C=C\c1cn(-c2nc(-c3cccc4c3sc3ccccc34)c3ccccc3n2)c2ccccc12)C(=C)c1ccccc1-c1cc2ccccc2n1-c1ccccc1. The quantitative estimate of drug-likeness (QED) is 0.144. The predicted octanol–water partition coefficient (Wildman–Crippen LogP) is 14.5. The molecule has 0 aliphatic rings. The maximum Gasteiger partial charge on any atom is 0.235 e. The Kier molecular flexibility index (Phi) is 8.28. The van der Waals surface area contributed by atoms with Crippen LogP contribution in [0.5, 0.6) is 0 Å². The number of thiophene rings is 1. The Labute approximate surface area is 345 Å². The van der Waals surface area contributed by atoms with Crippen molar-refractivity contribution < 1.29 is 0 Å². The second kappa shape index (κ2) is 14.1. The summed E-state index contributed by atoms with van der Waals surface area (Å²) in [6.07, 6.45) is 6.35. The van der Waals surface area contributed by atoms with E-state index in [2.05, 4.69) is 210 Å². The number of nitrogens with zero attached hydrogens (tertiary/aromatic N) is 4. The first-order chi connectivity index (χ1) is 29.1. The lowest BCUT2D eigenvalue weighted by atomic mass is 9.93. The van der Waals surface area contributed by atoms with Crippen molar-refractivity contribution in [3.05, 3.63) is 218 Å². The highest BCUT2D eigenvalue weighted by Gasteiger charge is 2.19. The number of benzene rings is 7. The molecule has 0 saturated heterocycles. The monoisotopic (exact) mass is 772 g/mol. The first-order valence-electron chi connectivity index (χ1n) is 19.7. The van der Waals surface area contributed by atoms with Gasteiger partial charge in [-0.25, -0.2) is 9.97 Å². The van der Waals surface area contributed by atoms with E-state index >= 15 is 0 Å². The molecule has 4 nitrogen and oxygen atoms in total. The second-order valence-electron chi connectivity index (χ2n) is 14.8. The van der Waals surface area contributed by atoms with Crippen LogP contribution in [-0.4, -0.2) is 19.1 Å². The molecule has 11 aromatic rings. The average molecular weight is 773 g/mol. The standard InChI is InChI=1S/C54H36N4S/c1-35(36(2)40-20-7-8-22-42(40)50-33-37-17-6-13-28-48(37)58(50)39-18-4-3-5-19-39)31-32-38-34-57(49-29-14-10-21-41(38)49)54-55-47-27-12-9-24-45(47)52(56-54)46-26-16-25-44-43-23-11-15-30-51(43)59-53(44)46/h3-34H,1-2H2/b32-31-.